The van der Waals surface area contributed by atoms with E-state index in [2.05, 4.69) is 37.8 Å². The standard InChI is InChI=1S/C16H25ClN2/c1-12(2)11-19(15-6-4-5-7-15)16-9-14(10-17)8-13(3)18-16/h8-9,12,15H,4-7,10-11H2,1-3H3. The van der Waals surface area contributed by atoms with Crippen molar-refractivity contribution >= 4 is 17.4 Å². The van der Waals surface area contributed by atoms with Gasteiger partial charge < -0.3 is 4.90 Å². The molecule has 19 heavy (non-hydrogen) atoms. The number of aromatic nitrogens is 1. The van der Waals surface area contributed by atoms with Gasteiger partial charge in [0.25, 0.3) is 0 Å². The fraction of sp³-hybridized carbons (Fsp3) is 0.688. The van der Waals surface area contributed by atoms with E-state index in [1.165, 1.54) is 31.2 Å². The molecule has 0 spiro atoms. The minimum absolute atomic E-state index is 0.566. The number of nitrogens with zero attached hydrogens (tertiary/aromatic N) is 2. The van der Waals surface area contributed by atoms with Crippen molar-refractivity contribution in [2.45, 2.75) is 58.4 Å². The summed E-state index contributed by atoms with van der Waals surface area (Å²) in [4.78, 5) is 7.26. The van der Waals surface area contributed by atoms with E-state index < -0.39 is 0 Å². The third-order valence-corrected chi connectivity index (χ3v) is 4.08. The lowest BCUT2D eigenvalue weighted by Crippen LogP contribution is -2.37. The molecule has 0 saturated heterocycles. The zero-order chi connectivity index (χ0) is 13.8. The van der Waals surface area contributed by atoms with Crippen LogP contribution in [-0.2, 0) is 5.88 Å². The Morgan fingerprint density at radius 3 is 2.58 bits per heavy atom. The summed E-state index contributed by atoms with van der Waals surface area (Å²) in [5, 5.41) is 0. The highest BCUT2D eigenvalue weighted by molar-refractivity contribution is 6.17. The lowest BCUT2D eigenvalue weighted by Gasteiger charge is -2.32. The number of aryl methyl sites for hydroxylation is 1. The van der Waals surface area contributed by atoms with E-state index in [4.69, 9.17) is 16.6 Å². The lowest BCUT2D eigenvalue weighted by atomic mass is 10.1. The van der Waals surface area contributed by atoms with Crippen LogP contribution in [0.15, 0.2) is 12.1 Å². The monoisotopic (exact) mass is 280 g/mol. The van der Waals surface area contributed by atoms with Crippen LogP contribution in [-0.4, -0.2) is 17.6 Å². The number of anilines is 1. The van der Waals surface area contributed by atoms with Crippen LogP contribution in [0.25, 0.3) is 0 Å². The van der Waals surface area contributed by atoms with E-state index in [-0.39, 0.29) is 0 Å². The summed E-state index contributed by atoms with van der Waals surface area (Å²) in [5.41, 5.74) is 2.25. The molecular weight excluding hydrogens is 256 g/mol. The first kappa shape index (κ1) is 14.6. The van der Waals surface area contributed by atoms with Crippen molar-refractivity contribution < 1.29 is 0 Å². The second kappa shape index (κ2) is 6.60. The predicted molar refractivity (Wildman–Crippen MR) is 83.0 cm³/mol. The summed E-state index contributed by atoms with van der Waals surface area (Å²) in [5.74, 6) is 2.34. The summed E-state index contributed by atoms with van der Waals surface area (Å²) in [6, 6.07) is 4.92. The zero-order valence-corrected chi connectivity index (χ0v) is 13.1. The van der Waals surface area contributed by atoms with Crippen molar-refractivity contribution in [1.29, 1.82) is 0 Å². The van der Waals surface area contributed by atoms with Gasteiger partial charge in [-0.05, 0) is 43.4 Å². The normalized spacial score (nSPS) is 16.3. The average molecular weight is 281 g/mol. The summed E-state index contributed by atoms with van der Waals surface area (Å²) < 4.78 is 0. The third-order valence-electron chi connectivity index (χ3n) is 3.78. The first-order valence-electron chi connectivity index (χ1n) is 7.40. The number of alkyl halides is 1. The maximum absolute atomic E-state index is 5.99. The van der Waals surface area contributed by atoms with Crippen LogP contribution in [0.5, 0.6) is 0 Å². The molecule has 0 aliphatic heterocycles. The Kier molecular flexibility index (Phi) is 5.09. The second-order valence-electron chi connectivity index (χ2n) is 6.09. The van der Waals surface area contributed by atoms with E-state index >= 15 is 0 Å². The smallest absolute Gasteiger partial charge is 0.129 e. The Balaban J connectivity index is 2.28. The molecule has 0 unspecified atom stereocenters. The highest BCUT2D eigenvalue weighted by Crippen LogP contribution is 2.29. The number of hydrogen-bond donors (Lipinski definition) is 0. The summed E-state index contributed by atoms with van der Waals surface area (Å²) >= 11 is 5.99. The van der Waals surface area contributed by atoms with Crippen LogP contribution in [0.2, 0.25) is 0 Å². The number of rotatable bonds is 5. The van der Waals surface area contributed by atoms with Crippen molar-refractivity contribution in [3.8, 4) is 0 Å². The van der Waals surface area contributed by atoms with E-state index in [0.717, 1.165) is 18.1 Å². The predicted octanol–water partition coefficient (Wildman–Crippen LogP) is 4.53. The van der Waals surface area contributed by atoms with E-state index in [1.807, 2.05) is 0 Å². The fourth-order valence-electron chi connectivity index (χ4n) is 2.98. The molecule has 0 amide bonds. The van der Waals surface area contributed by atoms with E-state index in [1.54, 1.807) is 0 Å². The molecule has 1 aromatic heterocycles. The maximum atomic E-state index is 5.99. The van der Waals surface area contributed by atoms with Gasteiger partial charge in [0, 0.05) is 24.2 Å². The molecule has 1 heterocycles. The number of halogens is 1. The molecule has 1 fully saturated rings. The van der Waals surface area contributed by atoms with Gasteiger partial charge in [-0.1, -0.05) is 26.7 Å². The second-order valence-corrected chi connectivity index (χ2v) is 6.36. The maximum Gasteiger partial charge on any atom is 0.129 e. The molecule has 1 aromatic rings. The quantitative estimate of drug-likeness (QED) is 0.737. The van der Waals surface area contributed by atoms with Gasteiger partial charge in [0.05, 0.1) is 0 Å². The molecule has 2 rings (SSSR count). The zero-order valence-electron chi connectivity index (χ0n) is 12.3. The van der Waals surface area contributed by atoms with Crippen molar-refractivity contribution in [2.75, 3.05) is 11.4 Å². The van der Waals surface area contributed by atoms with Gasteiger partial charge in [-0.25, -0.2) is 4.98 Å². The molecule has 0 radical (unpaired) electrons. The minimum atomic E-state index is 0.566. The number of pyridine rings is 1. The van der Waals surface area contributed by atoms with Crippen molar-refractivity contribution in [3.05, 3.63) is 23.4 Å². The van der Waals surface area contributed by atoms with E-state index in [9.17, 15) is 0 Å². The minimum Gasteiger partial charge on any atom is -0.353 e. The van der Waals surface area contributed by atoms with Crippen LogP contribution < -0.4 is 4.90 Å². The largest absolute Gasteiger partial charge is 0.353 e. The van der Waals surface area contributed by atoms with Crippen molar-refractivity contribution in [1.82, 2.24) is 4.98 Å². The van der Waals surface area contributed by atoms with E-state index in [0.29, 0.717) is 17.8 Å². The topological polar surface area (TPSA) is 16.1 Å². The molecule has 1 aliphatic carbocycles. The average Bonchev–Trinajstić information content (AvgIpc) is 2.88. The van der Waals surface area contributed by atoms with Gasteiger partial charge in [-0.3, -0.25) is 0 Å². The molecule has 1 aliphatic rings. The molecule has 2 nitrogen and oxygen atoms in total. The lowest BCUT2D eigenvalue weighted by molar-refractivity contribution is 0.531. The SMILES string of the molecule is Cc1cc(CCl)cc(N(CC(C)C)C2CCCC2)n1. The van der Waals surface area contributed by atoms with Crippen LogP contribution in [0.3, 0.4) is 0 Å². The Morgan fingerprint density at radius 2 is 2.00 bits per heavy atom. The molecule has 106 valence electrons. The molecule has 0 N–H and O–H groups in total. The number of hydrogen-bond acceptors (Lipinski definition) is 2. The Labute approximate surface area is 122 Å². The first-order valence-corrected chi connectivity index (χ1v) is 7.93. The Morgan fingerprint density at radius 1 is 1.32 bits per heavy atom. The van der Waals surface area contributed by atoms with Crippen LogP contribution >= 0.6 is 11.6 Å². The third kappa shape index (κ3) is 3.85. The highest BCUT2D eigenvalue weighted by Gasteiger charge is 2.24. The Bertz CT molecular complexity index is 411. The van der Waals surface area contributed by atoms with Crippen LogP contribution in [0, 0.1) is 12.8 Å². The summed E-state index contributed by atoms with van der Waals surface area (Å²) in [6.45, 7) is 7.70. The summed E-state index contributed by atoms with van der Waals surface area (Å²) in [7, 11) is 0. The fourth-order valence-corrected chi connectivity index (χ4v) is 3.14. The highest BCUT2D eigenvalue weighted by atomic mass is 35.5. The van der Waals surface area contributed by atoms with Gasteiger partial charge in [-0.15, -0.1) is 11.6 Å². The molecule has 0 bridgehead atoms. The van der Waals surface area contributed by atoms with Crippen LogP contribution in [0.1, 0.15) is 50.8 Å². The first-order chi connectivity index (χ1) is 9.10. The van der Waals surface area contributed by atoms with Crippen molar-refractivity contribution in [2.24, 2.45) is 5.92 Å². The van der Waals surface area contributed by atoms with Gasteiger partial charge in [0.1, 0.15) is 5.82 Å². The molecular formula is C16H25ClN2. The molecule has 0 atom stereocenters. The molecule has 1 saturated carbocycles. The van der Waals surface area contributed by atoms with Crippen LogP contribution in [0.4, 0.5) is 5.82 Å². The van der Waals surface area contributed by atoms with Gasteiger partial charge in [0.2, 0.25) is 0 Å². The van der Waals surface area contributed by atoms with Gasteiger partial charge >= 0.3 is 0 Å². The Hall–Kier alpha value is -0.760. The summed E-state index contributed by atoms with van der Waals surface area (Å²) in [6.07, 6.45) is 5.32. The molecule has 0 aromatic carbocycles. The van der Waals surface area contributed by atoms with Gasteiger partial charge in [-0.2, -0.15) is 0 Å². The van der Waals surface area contributed by atoms with Gasteiger partial charge in [0.15, 0.2) is 0 Å². The molecule has 3 heteroatoms. The van der Waals surface area contributed by atoms with Crippen molar-refractivity contribution in [3.63, 3.8) is 0 Å².